The zero-order valence-electron chi connectivity index (χ0n) is 11.8. The highest BCUT2D eigenvalue weighted by molar-refractivity contribution is 7.85. The number of imidazole rings is 1. The summed E-state index contributed by atoms with van der Waals surface area (Å²) >= 11 is 0. The van der Waals surface area contributed by atoms with E-state index in [1.54, 1.807) is 7.11 Å². The molecule has 7 nitrogen and oxygen atoms in total. The number of methoxy groups -OCH3 is 1. The average molecular weight is 307 g/mol. The Morgan fingerprint density at radius 1 is 1.25 bits per heavy atom. The molecule has 0 aliphatic carbocycles. The molecule has 0 unspecified atom stereocenters. The number of hydrogen-bond acceptors (Lipinski definition) is 4. The van der Waals surface area contributed by atoms with Crippen LogP contribution in [0.5, 0.6) is 0 Å². The van der Waals surface area contributed by atoms with Gasteiger partial charge in [-0.2, -0.15) is 8.42 Å². The lowest BCUT2D eigenvalue weighted by Crippen LogP contribution is -2.31. The zero-order chi connectivity index (χ0) is 14.8. The standard InChI is InChI=1S/C12H22N2O5S/c1-18-9-10-19-8-7-14-6-5-13(12-14)4-2-3-11-20(15,16)17/h5-6,12H,2-4,7-11H2,1H3/p+1. The fraction of sp³-hybridized carbons (Fsp3) is 0.750. The van der Waals surface area contributed by atoms with Crippen LogP contribution in [-0.2, 0) is 32.7 Å². The first-order valence-electron chi connectivity index (χ1n) is 6.58. The van der Waals surface area contributed by atoms with Crippen LogP contribution in [0, 0.1) is 0 Å². The Morgan fingerprint density at radius 2 is 2.05 bits per heavy atom. The van der Waals surface area contributed by atoms with Crippen LogP contribution in [0.4, 0.5) is 0 Å². The molecule has 0 aliphatic heterocycles. The lowest BCUT2D eigenvalue weighted by molar-refractivity contribution is -0.696. The molecule has 1 rings (SSSR count). The predicted octanol–water partition coefficient (Wildman–Crippen LogP) is 0.107. The summed E-state index contributed by atoms with van der Waals surface area (Å²) in [6.07, 6.45) is 6.99. The Hall–Kier alpha value is -0.960. The van der Waals surface area contributed by atoms with Crippen molar-refractivity contribution in [1.82, 2.24) is 4.57 Å². The monoisotopic (exact) mass is 307 g/mol. The van der Waals surface area contributed by atoms with Crippen molar-refractivity contribution in [3.63, 3.8) is 0 Å². The zero-order valence-corrected chi connectivity index (χ0v) is 12.6. The first kappa shape index (κ1) is 17.1. The van der Waals surface area contributed by atoms with Gasteiger partial charge in [0.2, 0.25) is 6.33 Å². The minimum absolute atomic E-state index is 0.179. The van der Waals surface area contributed by atoms with Gasteiger partial charge in [-0.3, -0.25) is 4.55 Å². The summed E-state index contributed by atoms with van der Waals surface area (Å²) in [4.78, 5) is 0. The molecule has 1 aromatic rings. The van der Waals surface area contributed by atoms with E-state index < -0.39 is 10.1 Å². The Balaban J connectivity index is 2.16. The summed E-state index contributed by atoms with van der Waals surface area (Å²) in [6.45, 7) is 3.31. The quantitative estimate of drug-likeness (QED) is 0.356. The molecule has 1 heterocycles. The van der Waals surface area contributed by atoms with E-state index >= 15 is 0 Å². The van der Waals surface area contributed by atoms with Gasteiger partial charge in [0.05, 0.1) is 32.1 Å². The van der Waals surface area contributed by atoms with Crippen molar-refractivity contribution in [2.24, 2.45) is 0 Å². The van der Waals surface area contributed by atoms with Gasteiger partial charge in [-0.05, 0) is 12.8 Å². The topological polar surface area (TPSA) is 81.6 Å². The van der Waals surface area contributed by atoms with Crippen molar-refractivity contribution >= 4 is 10.1 Å². The van der Waals surface area contributed by atoms with Crippen LogP contribution in [0.2, 0.25) is 0 Å². The fourth-order valence-corrected chi connectivity index (χ4v) is 2.27. The van der Waals surface area contributed by atoms with E-state index in [4.69, 9.17) is 14.0 Å². The van der Waals surface area contributed by atoms with Gasteiger partial charge in [-0.25, -0.2) is 9.13 Å². The number of unbranched alkanes of at least 4 members (excludes halogenated alkanes) is 1. The van der Waals surface area contributed by atoms with E-state index in [9.17, 15) is 8.42 Å². The third kappa shape index (κ3) is 8.26. The molecule has 0 fully saturated rings. The van der Waals surface area contributed by atoms with Gasteiger partial charge >= 0.3 is 0 Å². The Kier molecular flexibility index (Phi) is 7.75. The van der Waals surface area contributed by atoms with Crippen LogP contribution in [0.15, 0.2) is 18.7 Å². The smallest absolute Gasteiger partial charge is 0.264 e. The van der Waals surface area contributed by atoms with Crippen molar-refractivity contribution in [3.05, 3.63) is 18.7 Å². The number of hydrogen-bond donors (Lipinski definition) is 1. The van der Waals surface area contributed by atoms with E-state index in [0.717, 1.165) is 13.1 Å². The van der Waals surface area contributed by atoms with Crippen molar-refractivity contribution < 1.29 is 27.0 Å². The largest absolute Gasteiger partial charge is 0.382 e. The molecule has 0 aliphatic rings. The third-order valence-corrected chi connectivity index (χ3v) is 3.55. The van der Waals surface area contributed by atoms with Gasteiger partial charge in [0.25, 0.3) is 10.1 Å². The Morgan fingerprint density at radius 3 is 2.75 bits per heavy atom. The molecular weight excluding hydrogens is 284 g/mol. The van der Waals surface area contributed by atoms with E-state index in [0.29, 0.717) is 32.7 Å². The molecule has 0 atom stereocenters. The molecular formula is C12H23N2O5S+. The van der Waals surface area contributed by atoms with E-state index in [1.165, 1.54) is 0 Å². The van der Waals surface area contributed by atoms with Gasteiger partial charge in [0.15, 0.2) is 0 Å². The van der Waals surface area contributed by atoms with Crippen LogP contribution in [0.1, 0.15) is 12.8 Å². The van der Waals surface area contributed by atoms with Gasteiger partial charge in [0.1, 0.15) is 18.9 Å². The average Bonchev–Trinajstić information content (AvgIpc) is 2.81. The number of rotatable bonds is 11. The summed E-state index contributed by atoms with van der Waals surface area (Å²) in [7, 11) is -2.20. The molecule has 0 aromatic carbocycles. The van der Waals surface area contributed by atoms with Gasteiger partial charge < -0.3 is 9.47 Å². The van der Waals surface area contributed by atoms with Gasteiger partial charge in [-0.1, -0.05) is 0 Å². The molecule has 1 N–H and O–H groups in total. The normalized spacial score (nSPS) is 11.9. The van der Waals surface area contributed by atoms with Gasteiger partial charge in [-0.15, -0.1) is 0 Å². The highest BCUT2D eigenvalue weighted by atomic mass is 32.2. The third-order valence-electron chi connectivity index (χ3n) is 2.74. The van der Waals surface area contributed by atoms with Crippen molar-refractivity contribution in [3.8, 4) is 0 Å². The molecule has 0 bridgehead atoms. The summed E-state index contributed by atoms with van der Waals surface area (Å²) in [5, 5.41) is 0. The van der Waals surface area contributed by atoms with Crippen LogP contribution >= 0.6 is 0 Å². The maximum Gasteiger partial charge on any atom is 0.264 e. The second-order valence-corrected chi connectivity index (χ2v) is 6.06. The molecule has 8 heteroatoms. The van der Waals surface area contributed by atoms with Crippen molar-refractivity contribution in [2.45, 2.75) is 25.9 Å². The summed E-state index contributed by atoms with van der Waals surface area (Å²) < 4.78 is 44.0. The molecule has 0 amide bonds. The first-order valence-corrected chi connectivity index (χ1v) is 8.19. The maximum absolute atomic E-state index is 10.6. The molecule has 0 spiro atoms. The minimum atomic E-state index is -3.83. The first-order chi connectivity index (χ1) is 9.51. The lowest BCUT2D eigenvalue weighted by Gasteiger charge is -2.01. The number of aryl methyl sites for hydroxylation is 1. The maximum atomic E-state index is 10.6. The van der Waals surface area contributed by atoms with Gasteiger partial charge in [0, 0.05) is 7.11 Å². The van der Waals surface area contributed by atoms with Crippen molar-refractivity contribution in [2.75, 3.05) is 32.7 Å². The Bertz CT molecular complexity index is 472. The summed E-state index contributed by atoms with van der Waals surface area (Å²) in [5.41, 5.74) is 0. The number of aromatic nitrogens is 2. The number of nitrogens with zero attached hydrogens (tertiary/aromatic N) is 2. The molecule has 0 saturated heterocycles. The molecule has 20 heavy (non-hydrogen) atoms. The lowest BCUT2D eigenvalue weighted by atomic mass is 10.3. The molecule has 116 valence electrons. The molecule has 1 aromatic heterocycles. The second-order valence-electron chi connectivity index (χ2n) is 4.49. The van der Waals surface area contributed by atoms with Crippen LogP contribution in [0.3, 0.4) is 0 Å². The highest BCUT2D eigenvalue weighted by Crippen LogP contribution is 1.94. The summed E-state index contributed by atoms with van der Waals surface area (Å²) in [5.74, 6) is -0.179. The summed E-state index contributed by atoms with van der Waals surface area (Å²) in [6, 6.07) is 0. The van der Waals surface area contributed by atoms with Crippen molar-refractivity contribution in [1.29, 1.82) is 0 Å². The Labute approximate surface area is 119 Å². The SMILES string of the molecule is COCCOCCn1cc[n+](CCCCS(=O)(=O)O)c1. The minimum Gasteiger partial charge on any atom is -0.382 e. The van der Waals surface area contributed by atoms with Crippen LogP contribution < -0.4 is 4.57 Å². The number of ether oxygens (including phenoxy) is 2. The van der Waals surface area contributed by atoms with Crippen LogP contribution in [-0.4, -0.2) is 50.2 Å². The highest BCUT2D eigenvalue weighted by Gasteiger charge is 2.06. The van der Waals surface area contributed by atoms with Crippen LogP contribution in [0.25, 0.3) is 0 Å². The molecule has 0 radical (unpaired) electrons. The fourth-order valence-electron chi connectivity index (χ4n) is 1.70. The van der Waals surface area contributed by atoms with E-state index in [1.807, 2.05) is 27.9 Å². The van der Waals surface area contributed by atoms with E-state index in [-0.39, 0.29) is 5.75 Å². The molecule has 0 saturated carbocycles. The predicted molar refractivity (Wildman–Crippen MR) is 73.0 cm³/mol. The van der Waals surface area contributed by atoms with E-state index in [2.05, 4.69) is 0 Å². The second kappa shape index (κ2) is 9.06.